The highest BCUT2D eigenvalue weighted by Gasteiger charge is 2.21. The number of hydrogen-bond acceptors (Lipinski definition) is 2. The zero-order chi connectivity index (χ0) is 15.2. The molecule has 0 radical (unpaired) electrons. The summed E-state index contributed by atoms with van der Waals surface area (Å²) in [6.45, 7) is 4.06. The molecule has 1 N–H and O–H groups in total. The molecule has 1 saturated heterocycles. The number of benzene rings is 1. The van der Waals surface area contributed by atoms with Crippen LogP contribution in [0.25, 0.3) is 0 Å². The smallest absolute Gasteiger partial charge is 0.239 e. The summed E-state index contributed by atoms with van der Waals surface area (Å²) >= 11 is 3.40. The van der Waals surface area contributed by atoms with Crippen molar-refractivity contribution in [1.82, 2.24) is 10.2 Å². The van der Waals surface area contributed by atoms with E-state index in [1.807, 2.05) is 11.8 Å². The second-order valence-corrected chi connectivity index (χ2v) is 6.43. The number of carbonyl (C=O) groups is 1. The Morgan fingerprint density at radius 2 is 2.00 bits per heavy atom. The van der Waals surface area contributed by atoms with Gasteiger partial charge in [-0.3, -0.25) is 4.79 Å². The number of halogens is 2. The molecule has 116 valence electrons. The average Bonchev–Trinajstić information content (AvgIpc) is 2.76. The van der Waals surface area contributed by atoms with E-state index in [0.717, 1.165) is 36.0 Å². The highest BCUT2D eigenvalue weighted by molar-refractivity contribution is 9.10. The van der Waals surface area contributed by atoms with E-state index in [4.69, 9.17) is 0 Å². The molecule has 21 heavy (non-hydrogen) atoms. The molecule has 1 aromatic rings. The van der Waals surface area contributed by atoms with Crippen LogP contribution in [-0.4, -0.2) is 29.9 Å². The number of rotatable bonds is 4. The van der Waals surface area contributed by atoms with Crippen molar-refractivity contribution in [2.75, 3.05) is 13.1 Å². The summed E-state index contributed by atoms with van der Waals surface area (Å²) in [6.07, 6.45) is 4.60. The molecule has 1 unspecified atom stereocenters. The first-order chi connectivity index (χ1) is 10.1. The molecule has 3 nitrogen and oxygen atoms in total. The molecule has 0 aliphatic carbocycles. The SMILES string of the molecule is CC(NCc1cc(F)ccc1Br)C(=O)N1CCCCCC1. The Labute approximate surface area is 134 Å². The minimum Gasteiger partial charge on any atom is -0.341 e. The molecule has 0 aromatic heterocycles. The fourth-order valence-corrected chi connectivity index (χ4v) is 2.98. The van der Waals surface area contributed by atoms with E-state index >= 15 is 0 Å². The number of nitrogens with zero attached hydrogens (tertiary/aromatic N) is 1. The molecular formula is C16H22BrFN2O. The van der Waals surface area contributed by atoms with Crippen LogP contribution in [0.2, 0.25) is 0 Å². The molecule has 2 rings (SSSR count). The lowest BCUT2D eigenvalue weighted by atomic mass is 10.2. The van der Waals surface area contributed by atoms with Gasteiger partial charge in [-0.05, 0) is 43.5 Å². The number of carbonyl (C=O) groups excluding carboxylic acids is 1. The zero-order valence-corrected chi connectivity index (χ0v) is 14.0. The van der Waals surface area contributed by atoms with E-state index < -0.39 is 0 Å². The molecule has 1 fully saturated rings. The molecule has 1 aliphatic heterocycles. The first-order valence-corrected chi connectivity index (χ1v) is 8.33. The quantitative estimate of drug-likeness (QED) is 0.895. The van der Waals surface area contributed by atoms with Crippen molar-refractivity contribution in [2.45, 2.75) is 45.2 Å². The van der Waals surface area contributed by atoms with Crippen molar-refractivity contribution in [3.8, 4) is 0 Å². The van der Waals surface area contributed by atoms with Crippen molar-refractivity contribution in [2.24, 2.45) is 0 Å². The fraction of sp³-hybridized carbons (Fsp3) is 0.562. The largest absolute Gasteiger partial charge is 0.341 e. The molecule has 0 spiro atoms. The van der Waals surface area contributed by atoms with Gasteiger partial charge >= 0.3 is 0 Å². The van der Waals surface area contributed by atoms with Crippen molar-refractivity contribution >= 4 is 21.8 Å². The predicted octanol–water partition coefficient (Wildman–Crippen LogP) is 3.47. The summed E-state index contributed by atoms with van der Waals surface area (Å²) in [4.78, 5) is 14.4. The van der Waals surface area contributed by atoms with Gasteiger partial charge in [0.15, 0.2) is 0 Å². The Hall–Kier alpha value is -0.940. The third-order valence-electron chi connectivity index (χ3n) is 3.89. The summed E-state index contributed by atoms with van der Waals surface area (Å²) in [5, 5.41) is 3.20. The highest BCUT2D eigenvalue weighted by atomic mass is 79.9. The lowest BCUT2D eigenvalue weighted by Gasteiger charge is -2.24. The molecule has 1 aromatic carbocycles. The second kappa shape index (κ2) is 7.90. The van der Waals surface area contributed by atoms with Crippen molar-refractivity contribution < 1.29 is 9.18 Å². The van der Waals surface area contributed by atoms with Gasteiger partial charge in [-0.2, -0.15) is 0 Å². The second-order valence-electron chi connectivity index (χ2n) is 5.58. The Bertz CT molecular complexity index is 487. The maximum atomic E-state index is 13.2. The fourth-order valence-electron chi connectivity index (χ4n) is 2.59. The third kappa shape index (κ3) is 4.78. The van der Waals surface area contributed by atoms with Gasteiger partial charge in [0.05, 0.1) is 6.04 Å². The van der Waals surface area contributed by atoms with Gasteiger partial charge in [0, 0.05) is 24.1 Å². The predicted molar refractivity (Wildman–Crippen MR) is 85.4 cm³/mol. The Morgan fingerprint density at radius 3 is 2.67 bits per heavy atom. The molecule has 0 bridgehead atoms. The van der Waals surface area contributed by atoms with E-state index in [1.54, 1.807) is 6.07 Å². The molecule has 1 amide bonds. The minimum atomic E-state index is -0.263. The maximum Gasteiger partial charge on any atom is 0.239 e. The van der Waals surface area contributed by atoms with E-state index in [0.29, 0.717) is 6.54 Å². The lowest BCUT2D eigenvalue weighted by molar-refractivity contribution is -0.133. The standard InChI is InChI=1S/C16H22BrFN2O/c1-12(16(21)20-8-4-2-3-5-9-20)19-11-13-10-14(18)6-7-15(13)17/h6-7,10,12,19H,2-5,8-9,11H2,1H3. The van der Waals surface area contributed by atoms with Crippen molar-refractivity contribution in [3.05, 3.63) is 34.1 Å². The first-order valence-electron chi connectivity index (χ1n) is 7.54. The van der Waals surface area contributed by atoms with E-state index in [-0.39, 0.29) is 17.8 Å². The van der Waals surface area contributed by atoms with Crippen LogP contribution in [0.5, 0.6) is 0 Å². The Balaban J connectivity index is 1.89. The molecule has 1 aliphatic rings. The molecular weight excluding hydrogens is 335 g/mol. The lowest BCUT2D eigenvalue weighted by Crippen LogP contribution is -2.45. The van der Waals surface area contributed by atoms with E-state index in [1.165, 1.54) is 25.0 Å². The van der Waals surface area contributed by atoms with Gasteiger partial charge in [0.25, 0.3) is 0 Å². The Kier molecular flexibility index (Phi) is 6.18. The summed E-state index contributed by atoms with van der Waals surface area (Å²) in [6, 6.07) is 4.34. The van der Waals surface area contributed by atoms with Crippen LogP contribution >= 0.6 is 15.9 Å². The monoisotopic (exact) mass is 356 g/mol. The number of likely N-dealkylation sites (tertiary alicyclic amines) is 1. The van der Waals surface area contributed by atoms with Gasteiger partial charge in [-0.1, -0.05) is 28.8 Å². The maximum absolute atomic E-state index is 13.2. The molecule has 1 atom stereocenters. The molecule has 1 heterocycles. The van der Waals surface area contributed by atoms with Crippen LogP contribution in [0.1, 0.15) is 38.2 Å². The van der Waals surface area contributed by atoms with Crippen LogP contribution in [0, 0.1) is 5.82 Å². The van der Waals surface area contributed by atoms with Crippen molar-refractivity contribution in [1.29, 1.82) is 0 Å². The summed E-state index contributed by atoms with van der Waals surface area (Å²) in [5.41, 5.74) is 0.825. The van der Waals surface area contributed by atoms with Crippen LogP contribution in [0.15, 0.2) is 22.7 Å². The molecule has 5 heteroatoms. The summed E-state index contributed by atoms with van der Waals surface area (Å²) < 4.78 is 14.1. The normalized spacial score (nSPS) is 17.4. The van der Waals surface area contributed by atoms with Crippen LogP contribution in [0.4, 0.5) is 4.39 Å². The Morgan fingerprint density at radius 1 is 1.33 bits per heavy atom. The van der Waals surface area contributed by atoms with E-state index in [9.17, 15) is 9.18 Å². The molecule has 0 saturated carbocycles. The third-order valence-corrected chi connectivity index (χ3v) is 4.67. The van der Waals surface area contributed by atoms with Crippen LogP contribution < -0.4 is 5.32 Å². The number of hydrogen-bond donors (Lipinski definition) is 1. The minimum absolute atomic E-state index is 0.143. The van der Waals surface area contributed by atoms with Crippen LogP contribution in [-0.2, 0) is 11.3 Å². The van der Waals surface area contributed by atoms with Gasteiger partial charge < -0.3 is 10.2 Å². The van der Waals surface area contributed by atoms with Crippen molar-refractivity contribution in [3.63, 3.8) is 0 Å². The van der Waals surface area contributed by atoms with E-state index in [2.05, 4.69) is 21.2 Å². The number of nitrogens with one attached hydrogen (secondary N) is 1. The van der Waals surface area contributed by atoms with Gasteiger partial charge in [0.2, 0.25) is 5.91 Å². The summed E-state index contributed by atoms with van der Waals surface area (Å²) in [7, 11) is 0. The highest BCUT2D eigenvalue weighted by Crippen LogP contribution is 2.18. The number of amides is 1. The topological polar surface area (TPSA) is 32.3 Å². The first kappa shape index (κ1) is 16.4. The summed E-state index contributed by atoms with van der Waals surface area (Å²) in [5.74, 6) is -0.120. The zero-order valence-electron chi connectivity index (χ0n) is 12.4. The average molecular weight is 357 g/mol. The van der Waals surface area contributed by atoms with Gasteiger partial charge in [0.1, 0.15) is 5.82 Å². The van der Waals surface area contributed by atoms with Gasteiger partial charge in [-0.25, -0.2) is 4.39 Å². The van der Waals surface area contributed by atoms with Gasteiger partial charge in [-0.15, -0.1) is 0 Å². The van der Waals surface area contributed by atoms with Crippen LogP contribution in [0.3, 0.4) is 0 Å².